The molecule has 0 unspecified atom stereocenters. The fourth-order valence-corrected chi connectivity index (χ4v) is 2.85. The second-order valence-corrected chi connectivity index (χ2v) is 7.30. The first-order valence-electron chi connectivity index (χ1n) is 8.84. The second-order valence-electron chi connectivity index (χ2n) is 7.30. The highest BCUT2D eigenvalue weighted by Crippen LogP contribution is 2.42. The lowest BCUT2D eigenvalue weighted by Crippen LogP contribution is -2.11. The molecule has 2 rings (SSSR count). The predicted molar refractivity (Wildman–Crippen MR) is 96.5 cm³/mol. The lowest BCUT2D eigenvalue weighted by Gasteiger charge is -2.22. The minimum absolute atomic E-state index is 0.0507. The molecule has 0 fully saturated rings. The van der Waals surface area contributed by atoms with Crippen molar-refractivity contribution >= 4 is 6.29 Å². The van der Waals surface area contributed by atoms with Gasteiger partial charge in [0.05, 0.1) is 11.1 Å². The van der Waals surface area contributed by atoms with Crippen LogP contribution in [0.2, 0.25) is 0 Å². The molecule has 2 aromatic carbocycles. The molecular formula is C21H20F6O2. The van der Waals surface area contributed by atoms with Gasteiger partial charge in [-0.15, -0.1) is 0 Å². The van der Waals surface area contributed by atoms with Gasteiger partial charge in [-0.2, -0.15) is 26.3 Å². The van der Waals surface area contributed by atoms with Crippen molar-refractivity contribution in [2.45, 2.75) is 51.9 Å². The molecule has 8 heteroatoms. The number of ether oxygens (including phenoxy) is 1. The molecule has 0 amide bonds. The van der Waals surface area contributed by atoms with Crippen molar-refractivity contribution in [2.75, 3.05) is 0 Å². The zero-order chi connectivity index (χ0) is 22.1. The first-order valence-corrected chi connectivity index (χ1v) is 8.84. The van der Waals surface area contributed by atoms with Crippen LogP contribution in [0.25, 0.3) is 0 Å². The molecule has 2 nitrogen and oxygen atoms in total. The van der Waals surface area contributed by atoms with Gasteiger partial charge in [-0.3, -0.25) is 4.79 Å². The summed E-state index contributed by atoms with van der Waals surface area (Å²) in [6, 6.07) is 4.18. The molecule has 158 valence electrons. The molecule has 0 aliphatic rings. The Kier molecular flexibility index (Phi) is 6.35. The summed E-state index contributed by atoms with van der Waals surface area (Å²) in [5.41, 5.74) is -1.52. The molecule has 0 spiro atoms. The van der Waals surface area contributed by atoms with E-state index in [0.29, 0.717) is 35.1 Å². The lowest BCUT2D eigenvalue weighted by atomic mass is 9.91. The van der Waals surface area contributed by atoms with Crippen LogP contribution in [0.5, 0.6) is 11.5 Å². The van der Waals surface area contributed by atoms with Gasteiger partial charge in [0.15, 0.2) is 0 Å². The SMILES string of the molecule is CC(C)c1cc(C=O)cc(C(C)C)c1Oc1cc(C(F)(F)F)cc(C(F)(F)F)c1. The zero-order valence-corrected chi connectivity index (χ0v) is 16.2. The van der Waals surface area contributed by atoms with Gasteiger partial charge < -0.3 is 4.74 Å². The second kappa shape index (κ2) is 8.08. The van der Waals surface area contributed by atoms with Crippen molar-refractivity contribution in [1.29, 1.82) is 0 Å². The van der Waals surface area contributed by atoms with Crippen LogP contribution >= 0.6 is 0 Å². The Hall–Kier alpha value is -2.51. The first-order chi connectivity index (χ1) is 13.2. The summed E-state index contributed by atoms with van der Waals surface area (Å²) in [7, 11) is 0. The Morgan fingerprint density at radius 1 is 0.759 bits per heavy atom. The predicted octanol–water partition coefficient (Wildman–Crippen LogP) is 7.58. The largest absolute Gasteiger partial charge is 0.457 e. The van der Waals surface area contributed by atoms with Gasteiger partial charge in [0, 0.05) is 5.56 Å². The number of hydrogen-bond acceptors (Lipinski definition) is 2. The smallest absolute Gasteiger partial charge is 0.416 e. The maximum absolute atomic E-state index is 13.1. The summed E-state index contributed by atoms with van der Waals surface area (Å²) < 4.78 is 84.4. The van der Waals surface area contributed by atoms with Crippen molar-refractivity contribution < 1.29 is 35.9 Å². The van der Waals surface area contributed by atoms with Gasteiger partial charge in [0.25, 0.3) is 0 Å². The van der Waals surface area contributed by atoms with E-state index in [1.807, 2.05) is 0 Å². The highest BCUT2D eigenvalue weighted by atomic mass is 19.4. The number of carbonyl (C=O) groups excluding carboxylic acids is 1. The highest BCUT2D eigenvalue weighted by molar-refractivity contribution is 5.77. The van der Waals surface area contributed by atoms with Gasteiger partial charge >= 0.3 is 12.4 Å². The van der Waals surface area contributed by atoms with Gasteiger partial charge in [-0.1, -0.05) is 27.7 Å². The van der Waals surface area contributed by atoms with Crippen molar-refractivity contribution in [3.63, 3.8) is 0 Å². The third-order valence-corrected chi connectivity index (χ3v) is 4.33. The third-order valence-electron chi connectivity index (χ3n) is 4.33. The van der Waals surface area contributed by atoms with Crippen LogP contribution in [0.1, 0.15) is 72.1 Å². The number of carbonyl (C=O) groups is 1. The Morgan fingerprint density at radius 2 is 1.17 bits per heavy atom. The van der Waals surface area contributed by atoms with Gasteiger partial charge in [-0.25, -0.2) is 0 Å². The molecule has 0 atom stereocenters. The van der Waals surface area contributed by atoms with E-state index in [9.17, 15) is 31.1 Å². The molecule has 0 saturated carbocycles. The summed E-state index contributed by atoms with van der Waals surface area (Å²) >= 11 is 0. The quantitative estimate of drug-likeness (QED) is 0.370. The van der Waals surface area contributed by atoms with Crippen LogP contribution in [0.15, 0.2) is 30.3 Å². The standard InChI is InChI=1S/C21H20F6O2/c1-11(2)17-5-13(10-28)6-18(12(3)4)19(17)29-16-8-14(20(22,23)24)7-15(9-16)21(25,26)27/h5-12H,1-4H3. The van der Waals surface area contributed by atoms with Crippen LogP contribution in [-0.4, -0.2) is 6.29 Å². The lowest BCUT2D eigenvalue weighted by molar-refractivity contribution is -0.143. The van der Waals surface area contributed by atoms with Crippen molar-refractivity contribution in [3.8, 4) is 11.5 Å². The molecule has 0 aliphatic heterocycles. The maximum atomic E-state index is 13.1. The Balaban J connectivity index is 2.71. The summed E-state index contributed by atoms with van der Waals surface area (Å²) in [5, 5.41) is 0. The van der Waals surface area contributed by atoms with Gasteiger partial charge in [-0.05, 0) is 53.3 Å². The van der Waals surface area contributed by atoms with Crippen LogP contribution in [0.4, 0.5) is 26.3 Å². The summed E-state index contributed by atoms with van der Waals surface area (Å²) in [6.45, 7) is 7.14. The average Bonchev–Trinajstić information content (AvgIpc) is 2.59. The minimum atomic E-state index is -4.97. The highest BCUT2D eigenvalue weighted by Gasteiger charge is 2.37. The van der Waals surface area contributed by atoms with Crippen LogP contribution in [0, 0.1) is 0 Å². The molecule has 0 aliphatic carbocycles. The van der Waals surface area contributed by atoms with E-state index in [4.69, 9.17) is 4.74 Å². The van der Waals surface area contributed by atoms with E-state index in [1.165, 1.54) is 12.1 Å². The maximum Gasteiger partial charge on any atom is 0.416 e. The van der Waals surface area contributed by atoms with Crippen LogP contribution in [-0.2, 0) is 12.4 Å². The van der Waals surface area contributed by atoms with E-state index in [1.54, 1.807) is 27.7 Å². The zero-order valence-electron chi connectivity index (χ0n) is 16.2. The Labute approximate surface area is 164 Å². The van der Waals surface area contributed by atoms with Gasteiger partial charge in [0.1, 0.15) is 17.8 Å². The normalized spacial score (nSPS) is 12.6. The number of rotatable bonds is 5. The average molecular weight is 418 g/mol. The summed E-state index contributed by atoms with van der Waals surface area (Å²) in [5.74, 6) is -0.784. The van der Waals surface area contributed by atoms with Crippen LogP contribution < -0.4 is 4.74 Å². The Morgan fingerprint density at radius 3 is 1.48 bits per heavy atom. The topological polar surface area (TPSA) is 26.3 Å². The molecule has 0 saturated heterocycles. The molecule has 0 N–H and O–H groups in total. The first kappa shape index (κ1) is 22.8. The molecule has 0 heterocycles. The monoisotopic (exact) mass is 418 g/mol. The minimum Gasteiger partial charge on any atom is -0.457 e. The van der Waals surface area contributed by atoms with E-state index in [2.05, 4.69) is 0 Å². The molecule has 0 radical (unpaired) electrons. The molecule has 2 aromatic rings. The number of benzene rings is 2. The number of aldehydes is 1. The molecule has 29 heavy (non-hydrogen) atoms. The van der Waals surface area contributed by atoms with Gasteiger partial charge in [0.2, 0.25) is 0 Å². The number of halogens is 6. The molecule has 0 aromatic heterocycles. The van der Waals surface area contributed by atoms with Crippen molar-refractivity contribution in [2.24, 2.45) is 0 Å². The number of hydrogen-bond donors (Lipinski definition) is 0. The molecule has 0 bridgehead atoms. The van der Waals surface area contributed by atoms with E-state index in [0.717, 1.165) is 0 Å². The summed E-state index contributed by atoms with van der Waals surface area (Å²) in [4.78, 5) is 11.2. The summed E-state index contributed by atoms with van der Waals surface area (Å²) in [6.07, 6.45) is -9.31. The Bertz CT molecular complexity index is 834. The van der Waals surface area contributed by atoms with E-state index >= 15 is 0 Å². The van der Waals surface area contributed by atoms with Crippen molar-refractivity contribution in [1.82, 2.24) is 0 Å². The number of alkyl halides is 6. The molecular weight excluding hydrogens is 398 g/mol. The van der Waals surface area contributed by atoms with Crippen molar-refractivity contribution in [3.05, 3.63) is 58.1 Å². The van der Waals surface area contributed by atoms with E-state index in [-0.39, 0.29) is 23.7 Å². The van der Waals surface area contributed by atoms with E-state index < -0.39 is 29.2 Å². The fraction of sp³-hybridized carbons (Fsp3) is 0.381. The van der Waals surface area contributed by atoms with Crippen LogP contribution in [0.3, 0.4) is 0 Å². The fourth-order valence-electron chi connectivity index (χ4n) is 2.85. The third kappa shape index (κ3) is 5.31.